The first kappa shape index (κ1) is 16.2. The van der Waals surface area contributed by atoms with Gasteiger partial charge in [-0.1, -0.05) is 32.9 Å². The highest BCUT2D eigenvalue weighted by atomic mass is 16.3. The Morgan fingerprint density at radius 2 is 1.47 bits per heavy atom. The van der Waals surface area contributed by atoms with E-state index in [0.717, 1.165) is 6.54 Å². The normalized spacial score (nSPS) is 12.8. The Balaban J connectivity index is 2.99. The van der Waals surface area contributed by atoms with Crippen LogP contribution in [-0.2, 0) is 12.0 Å². The smallest absolute Gasteiger partial charge is 0.0607 e. The summed E-state index contributed by atoms with van der Waals surface area (Å²) in [5.41, 5.74) is 5.33. The summed E-state index contributed by atoms with van der Waals surface area (Å²) in [5.74, 6) is 0. The lowest BCUT2D eigenvalue weighted by Crippen LogP contribution is -2.42. The van der Waals surface area contributed by atoms with Crippen LogP contribution in [0.5, 0.6) is 0 Å². The van der Waals surface area contributed by atoms with E-state index in [1.54, 1.807) is 0 Å². The van der Waals surface area contributed by atoms with Gasteiger partial charge in [-0.3, -0.25) is 0 Å². The van der Waals surface area contributed by atoms with Crippen molar-refractivity contribution in [2.45, 2.75) is 66.0 Å². The van der Waals surface area contributed by atoms with Gasteiger partial charge in [0.15, 0.2) is 0 Å². The predicted octanol–water partition coefficient (Wildman–Crippen LogP) is 3.46. The van der Waals surface area contributed by atoms with Crippen LogP contribution in [-0.4, -0.2) is 17.3 Å². The summed E-state index contributed by atoms with van der Waals surface area (Å²) in [6.45, 7) is 16.1. The SMILES string of the molecule is Cc1cc(C(C)(C)C)cc(C)c1CNC(C)(C)CO. The fraction of sp³-hybridized carbons (Fsp3) is 0.647. The number of aryl methyl sites for hydroxylation is 2. The second-order valence-corrected chi connectivity index (χ2v) is 7.23. The molecule has 19 heavy (non-hydrogen) atoms. The molecule has 1 rings (SSSR count). The molecule has 0 atom stereocenters. The number of rotatable bonds is 4. The molecule has 0 bridgehead atoms. The molecule has 0 amide bonds. The van der Waals surface area contributed by atoms with E-state index in [4.69, 9.17) is 0 Å². The maximum absolute atomic E-state index is 9.30. The van der Waals surface area contributed by atoms with E-state index in [1.807, 2.05) is 13.8 Å². The van der Waals surface area contributed by atoms with E-state index in [-0.39, 0.29) is 17.6 Å². The summed E-state index contributed by atoms with van der Waals surface area (Å²) < 4.78 is 0. The fourth-order valence-electron chi connectivity index (χ4n) is 2.09. The van der Waals surface area contributed by atoms with Gasteiger partial charge in [-0.15, -0.1) is 0 Å². The van der Waals surface area contributed by atoms with E-state index in [9.17, 15) is 5.11 Å². The van der Waals surface area contributed by atoms with Crippen molar-refractivity contribution in [3.8, 4) is 0 Å². The molecule has 0 aliphatic carbocycles. The van der Waals surface area contributed by atoms with Gasteiger partial charge in [0.25, 0.3) is 0 Å². The molecule has 2 heteroatoms. The molecule has 0 aromatic heterocycles. The molecule has 1 aromatic carbocycles. The summed E-state index contributed by atoms with van der Waals surface area (Å²) in [4.78, 5) is 0. The Morgan fingerprint density at radius 3 is 1.84 bits per heavy atom. The van der Waals surface area contributed by atoms with Gasteiger partial charge in [0.2, 0.25) is 0 Å². The van der Waals surface area contributed by atoms with Crippen molar-refractivity contribution in [1.82, 2.24) is 5.32 Å². The van der Waals surface area contributed by atoms with Gasteiger partial charge in [-0.2, -0.15) is 0 Å². The lowest BCUT2D eigenvalue weighted by atomic mass is 9.83. The summed E-state index contributed by atoms with van der Waals surface area (Å²) in [6, 6.07) is 4.58. The molecule has 0 fully saturated rings. The van der Waals surface area contributed by atoms with Crippen molar-refractivity contribution in [2.75, 3.05) is 6.61 Å². The lowest BCUT2D eigenvalue weighted by Gasteiger charge is -2.26. The van der Waals surface area contributed by atoms with Crippen LogP contribution in [0.4, 0.5) is 0 Å². The van der Waals surface area contributed by atoms with E-state index in [0.29, 0.717) is 0 Å². The quantitative estimate of drug-likeness (QED) is 0.872. The monoisotopic (exact) mass is 263 g/mol. The molecule has 0 radical (unpaired) electrons. The van der Waals surface area contributed by atoms with Gasteiger partial charge < -0.3 is 10.4 Å². The maximum Gasteiger partial charge on any atom is 0.0607 e. The maximum atomic E-state index is 9.30. The Hall–Kier alpha value is -0.860. The number of aliphatic hydroxyl groups is 1. The van der Waals surface area contributed by atoms with Crippen LogP contribution in [0.2, 0.25) is 0 Å². The minimum atomic E-state index is -0.235. The number of hydrogen-bond donors (Lipinski definition) is 2. The largest absolute Gasteiger partial charge is 0.394 e. The highest BCUT2D eigenvalue weighted by Gasteiger charge is 2.18. The highest BCUT2D eigenvalue weighted by molar-refractivity contribution is 5.40. The minimum Gasteiger partial charge on any atom is -0.394 e. The van der Waals surface area contributed by atoms with Crippen LogP contribution < -0.4 is 5.32 Å². The molecular weight excluding hydrogens is 234 g/mol. The second kappa shape index (κ2) is 5.64. The number of hydrogen-bond acceptors (Lipinski definition) is 2. The fourth-order valence-corrected chi connectivity index (χ4v) is 2.09. The molecule has 2 N–H and O–H groups in total. The van der Waals surface area contributed by atoms with Crippen molar-refractivity contribution in [1.29, 1.82) is 0 Å². The molecular formula is C17H29NO. The molecule has 2 nitrogen and oxygen atoms in total. The Kier molecular flexibility index (Phi) is 4.81. The highest BCUT2D eigenvalue weighted by Crippen LogP contribution is 2.27. The zero-order valence-electron chi connectivity index (χ0n) is 13.5. The number of benzene rings is 1. The van der Waals surface area contributed by atoms with Crippen molar-refractivity contribution in [2.24, 2.45) is 0 Å². The van der Waals surface area contributed by atoms with Crippen LogP contribution >= 0.6 is 0 Å². The second-order valence-electron chi connectivity index (χ2n) is 7.23. The Bertz CT molecular complexity index is 418. The molecule has 0 aliphatic rings. The first-order valence-corrected chi connectivity index (χ1v) is 7.03. The predicted molar refractivity (Wildman–Crippen MR) is 82.6 cm³/mol. The first-order chi connectivity index (χ1) is 8.57. The zero-order valence-corrected chi connectivity index (χ0v) is 13.5. The van der Waals surface area contributed by atoms with Gasteiger partial charge in [0.05, 0.1) is 6.61 Å². The summed E-state index contributed by atoms with van der Waals surface area (Å²) in [6.07, 6.45) is 0. The first-order valence-electron chi connectivity index (χ1n) is 7.03. The molecule has 1 aromatic rings. The van der Waals surface area contributed by atoms with Crippen LogP contribution in [0, 0.1) is 13.8 Å². The van der Waals surface area contributed by atoms with Gasteiger partial charge in [0, 0.05) is 12.1 Å². The van der Waals surface area contributed by atoms with Crippen molar-refractivity contribution >= 4 is 0 Å². The third kappa shape index (κ3) is 4.32. The van der Waals surface area contributed by atoms with Gasteiger partial charge in [-0.25, -0.2) is 0 Å². The lowest BCUT2D eigenvalue weighted by molar-refractivity contribution is 0.187. The van der Waals surface area contributed by atoms with E-state index in [1.165, 1.54) is 22.3 Å². The Labute approximate surface area is 118 Å². The zero-order chi connectivity index (χ0) is 14.8. The van der Waals surface area contributed by atoms with Gasteiger partial charge in [-0.05, 0) is 55.4 Å². The Morgan fingerprint density at radius 1 is 1.00 bits per heavy atom. The van der Waals surface area contributed by atoms with Crippen molar-refractivity contribution < 1.29 is 5.11 Å². The average Bonchev–Trinajstić information content (AvgIpc) is 2.26. The van der Waals surface area contributed by atoms with Gasteiger partial charge >= 0.3 is 0 Å². The van der Waals surface area contributed by atoms with Crippen LogP contribution in [0.3, 0.4) is 0 Å². The average molecular weight is 263 g/mol. The van der Waals surface area contributed by atoms with Crippen LogP contribution in [0.15, 0.2) is 12.1 Å². The summed E-state index contributed by atoms with van der Waals surface area (Å²) in [5, 5.41) is 12.7. The summed E-state index contributed by atoms with van der Waals surface area (Å²) >= 11 is 0. The molecule has 0 aliphatic heterocycles. The van der Waals surface area contributed by atoms with Crippen molar-refractivity contribution in [3.05, 3.63) is 34.4 Å². The van der Waals surface area contributed by atoms with Gasteiger partial charge in [0.1, 0.15) is 0 Å². The van der Waals surface area contributed by atoms with E-state index >= 15 is 0 Å². The third-order valence-electron chi connectivity index (χ3n) is 3.70. The van der Waals surface area contributed by atoms with Crippen LogP contribution in [0.1, 0.15) is 56.9 Å². The molecule has 0 heterocycles. The van der Waals surface area contributed by atoms with E-state index in [2.05, 4.69) is 52.1 Å². The summed E-state index contributed by atoms with van der Waals surface area (Å²) in [7, 11) is 0. The molecule has 0 spiro atoms. The standard InChI is InChI=1S/C17H29NO/c1-12-8-14(16(3,4)5)9-13(2)15(12)10-18-17(6,7)11-19/h8-9,18-19H,10-11H2,1-7H3. The third-order valence-corrected chi connectivity index (χ3v) is 3.70. The topological polar surface area (TPSA) is 32.3 Å². The molecule has 0 saturated carbocycles. The molecule has 0 unspecified atom stereocenters. The van der Waals surface area contributed by atoms with Crippen LogP contribution in [0.25, 0.3) is 0 Å². The number of nitrogens with one attached hydrogen (secondary N) is 1. The molecule has 108 valence electrons. The van der Waals surface area contributed by atoms with Crippen molar-refractivity contribution in [3.63, 3.8) is 0 Å². The van der Waals surface area contributed by atoms with E-state index < -0.39 is 0 Å². The number of aliphatic hydroxyl groups excluding tert-OH is 1. The minimum absolute atomic E-state index is 0.144. The molecule has 0 saturated heterocycles.